The van der Waals surface area contributed by atoms with Crippen molar-refractivity contribution in [3.63, 3.8) is 0 Å². The van der Waals surface area contributed by atoms with Crippen LogP contribution in [-0.2, 0) is 11.3 Å². The number of phenols is 1. The summed E-state index contributed by atoms with van der Waals surface area (Å²) in [7, 11) is 0. The summed E-state index contributed by atoms with van der Waals surface area (Å²) in [5, 5.41) is 18.0. The SMILES string of the molecule is CCCn1nc2c(c1C)[C@@H](c1cccc(OCC)c1O)CC(=O)N2. The molecule has 128 valence electrons. The molecule has 2 heterocycles. The molecule has 6 heteroatoms. The van der Waals surface area contributed by atoms with Gasteiger partial charge in [0.2, 0.25) is 5.91 Å². The minimum absolute atomic E-state index is 0.0881. The normalized spacial score (nSPS) is 16.6. The highest BCUT2D eigenvalue weighted by Crippen LogP contribution is 2.44. The molecule has 1 aromatic heterocycles. The van der Waals surface area contributed by atoms with Crippen LogP contribution in [-0.4, -0.2) is 27.4 Å². The number of fused-ring (bicyclic) bond motifs is 1. The van der Waals surface area contributed by atoms with Gasteiger partial charge in [0.25, 0.3) is 0 Å². The average molecular weight is 329 g/mol. The van der Waals surface area contributed by atoms with Crippen LogP contribution in [0.3, 0.4) is 0 Å². The van der Waals surface area contributed by atoms with Gasteiger partial charge in [0.05, 0.1) is 6.61 Å². The van der Waals surface area contributed by atoms with Gasteiger partial charge < -0.3 is 15.2 Å². The Morgan fingerprint density at radius 3 is 2.92 bits per heavy atom. The smallest absolute Gasteiger partial charge is 0.226 e. The van der Waals surface area contributed by atoms with Gasteiger partial charge in [0, 0.05) is 35.7 Å². The first kappa shape index (κ1) is 16.4. The van der Waals surface area contributed by atoms with Crippen molar-refractivity contribution in [3.8, 4) is 11.5 Å². The van der Waals surface area contributed by atoms with Crippen molar-refractivity contribution in [3.05, 3.63) is 35.0 Å². The van der Waals surface area contributed by atoms with Crippen molar-refractivity contribution in [2.75, 3.05) is 11.9 Å². The second kappa shape index (κ2) is 6.55. The van der Waals surface area contributed by atoms with Gasteiger partial charge in [0.15, 0.2) is 17.3 Å². The summed E-state index contributed by atoms with van der Waals surface area (Å²) in [5.41, 5.74) is 2.71. The first-order valence-corrected chi connectivity index (χ1v) is 8.38. The van der Waals surface area contributed by atoms with Gasteiger partial charge in [-0.1, -0.05) is 19.1 Å². The molecule has 0 radical (unpaired) electrons. The number of phenolic OH excluding ortho intramolecular Hbond substituents is 1. The summed E-state index contributed by atoms with van der Waals surface area (Å²) in [4.78, 5) is 12.1. The van der Waals surface area contributed by atoms with E-state index in [1.807, 2.05) is 30.7 Å². The van der Waals surface area contributed by atoms with Crippen LogP contribution < -0.4 is 10.1 Å². The first-order valence-electron chi connectivity index (χ1n) is 8.38. The molecule has 1 aromatic carbocycles. The van der Waals surface area contributed by atoms with Crippen molar-refractivity contribution in [1.82, 2.24) is 9.78 Å². The van der Waals surface area contributed by atoms with Crippen LogP contribution in [0.25, 0.3) is 0 Å². The molecule has 0 saturated carbocycles. The standard InChI is InChI=1S/C18H23N3O3/c1-4-9-21-11(3)16-13(10-15(22)19-18(16)20-21)12-7-6-8-14(17(12)23)24-5-2/h6-8,13,23H,4-5,9-10H2,1-3H3,(H,19,20,22)/t13-/m1/s1. The van der Waals surface area contributed by atoms with Crippen molar-refractivity contribution in [1.29, 1.82) is 0 Å². The van der Waals surface area contributed by atoms with E-state index in [1.54, 1.807) is 6.07 Å². The molecule has 1 amide bonds. The number of nitrogens with zero attached hydrogens (tertiary/aromatic N) is 2. The zero-order valence-electron chi connectivity index (χ0n) is 14.3. The molecular formula is C18H23N3O3. The summed E-state index contributed by atoms with van der Waals surface area (Å²) < 4.78 is 7.41. The maximum atomic E-state index is 12.1. The fraction of sp³-hybridized carbons (Fsp3) is 0.444. The molecule has 1 aliphatic rings. The lowest BCUT2D eigenvalue weighted by Gasteiger charge is -2.24. The lowest BCUT2D eigenvalue weighted by atomic mass is 9.85. The number of benzene rings is 1. The molecule has 2 aromatic rings. The Balaban J connectivity index is 2.10. The number of aromatic nitrogens is 2. The van der Waals surface area contributed by atoms with Crippen molar-refractivity contribution < 1.29 is 14.6 Å². The minimum Gasteiger partial charge on any atom is -0.504 e. The number of carbonyl (C=O) groups is 1. The molecule has 0 saturated heterocycles. The average Bonchev–Trinajstić information content (AvgIpc) is 2.85. The highest BCUT2D eigenvalue weighted by molar-refractivity contribution is 5.94. The fourth-order valence-corrected chi connectivity index (χ4v) is 3.33. The first-order chi connectivity index (χ1) is 11.6. The van der Waals surface area contributed by atoms with Gasteiger partial charge in [-0.05, 0) is 26.3 Å². The molecule has 6 nitrogen and oxygen atoms in total. The van der Waals surface area contributed by atoms with E-state index in [1.165, 1.54) is 0 Å². The zero-order chi connectivity index (χ0) is 17.3. The van der Waals surface area contributed by atoms with E-state index >= 15 is 0 Å². The lowest BCUT2D eigenvalue weighted by Crippen LogP contribution is -2.23. The summed E-state index contributed by atoms with van der Waals surface area (Å²) in [5.74, 6) is 0.840. The highest BCUT2D eigenvalue weighted by atomic mass is 16.5. The second-order valence-electron chi connectivity index (χ2n) is 6.00. The van der Waals surface area contributed by atoms with Crippen LogP contribution in [0.15, 0.2) is 18.2 Å². The van der Waals surface area contributed by atoms with E-state index in [-0.39, 0.29) is 24.0 Å². The number of amides is 1. The number of aryl methyl sites for hydroxylation is 1. The molecule has 1 atom stereocenters. The van der Waals surface area contributed by atoms with Gasteiger partial charge in [-0.15, -0.1) is 0 Å². The number of aromatic hydroxyl groups is 1. The van der Waals surface area contributed by atoms with E-state index in [2.05, 4.69) is 17.3 Å². The molecule has 24 heavy (non-hydrogen) atoms. The van der Waals surface area contributed by atoms with Gasteiger partial charge in [0.1, 0.15) is 0 Å². The third-order valence-electron chi connectivity index (χ3n) is 4.39. The van der Waals surface area contributed by atoms with Crippen LogP contribution in [0, 0.1) is 6.92 Å². The molecule has 2 N–H and O–H groups in total. The maximum Gasteiger partial charge on any atom is 0.226 e. The summed E-state index contributed by atoms with van der Waals surface area (Å²) in [6, 6.07) is 5.43. The molecule has 1 aliphatic heterocycles. The van der Waals surface area contributed by atoms with Crippen LogP contribution in [0.5, 0.6) is 11.5 Å². The Hall–Kier alpha value is -2.50. The number of ether oxygens (including phenoxy) is 1. The quantitative estimate of drug-likeness (QED) is 0.883. The molecule has 0 fully saturated rings. The Morgan fingerprint density at radius 1 is 1.42 bits per heavy atom. The number of rotatable bonds is 5. The predicted octanol–water partition coefficient (Wildman–Crippen LogP) is 3.18. The minimum atomic E-state index is -0.222. The molecule has 0 bridgehead atoms. The molecule has 3 rings (SSSR count). The van der Waals surface area contributed by atoms with Crippen LogP contribution in [0.2, 0.25) is 0 Å². The van der Waals surface area contributed by atoms with Gasteiger partial charge in [-0.2, -0.15) is 5.10 Å². The van der Waals surface area contributed by atoms with Gasteiger partial charge >= 0.3 is 0 Å². The van der Waals surface area contributed by atoms with Crippen molar-refractivity contribution in [2.45, 2.75) is 46.1 Å². The molecular weight excluding hydrogens is 306 g/mol. The van der Waals surface area contributed by atoms with E-state index < -0.39 is 0 Å². The molecule has 0 aliphatic carbocycles. The van der Waals surface area contributed by atoms with E-state index in [0.717, 1.165) is 24.2 Å². The summed E-state index contributed by atoms with van der Waals surface area (Å²) >= 11 is 0. The van der Waals surface area contributed by atoms with Crippen molar-refractivity contribution in [2.24, 2.45) is 0 Å². The number of para-hydroxylation sites is 1. The highest BCUT2D eigenvalue weighted by Gasteiger charge is 2.33. The Bertz CT molecular complexity index is 767. The number of hydrogen-bond acceptors (Lipinski definition) is 4. The van der Waals surface area contributed by atoms with Gasteiger partial charge in [-0.3, -0.25) is 9.48 Å². The number of anilines is 1. The van der Waals surface area contributed by atoms with Crippen LogP contribution >= 0.6 is 0 Å². The third kappa shape index (κ3) is 2.72. The predicted molar refractivity (Wildman–Crippen MR) is 91.6 cm³/mol. The van der Waals surface area contributed by atoms with E-state index in [0.29, 0.717) is 23.7 Å². The largest absolute Gasteiger partial charge is 0.504 e. The Labute approximate surface area is 141 Å². The Morgan fingerprint density at radius 2 is 2.21 bits per heavy atom. The monoisotopic (exact) mass is 329 g/mol. The topological polar surface area (TPSA) is 76.4 Å². The fourth-order valence-electron chi connectivity index (χ4n) is 3.33. The van der Waals surface area contributed by atoms with E-state index in [9.17, 15) is 9.90 Å². The molecule has 0 spiro atoms. The zero-order valence-corrected chi connectivity index (χ0v) is 14.3. The van der Waals surface area contributed by atoms with Crippen molar-refractivity contribution >= 4 is 11.7 Å². The molecule has 0 unspecified atom stereocenters. The maximum absolute atomic E-state index is 12.1. The number of nitrogens with one attached hydrogen (secondary N) is 1. The van der Waals surface area contributed by atoms with Crippen LogP contribution in [0.4, 0.5) is 5.82 Å². The third-order valence-corrected chi connectivity index (χ3v) is 4.39. The lowest BCUT2D eigenvalue weighted by molar-refractivity contribution is -0.116. The second-order valence-corrected chi connectivity index (χ2v) is 6.00. The number of hydrogen-bond donors (Lipinski definition) is 2. The summed E-state index contributed by atoms with van der Waals surface area (Å²) in [6.45, 7) is 7.24. The Kier molecular flexibility index (Phi) is 4.46. The van der Waals surface area contributed by atoms with Crippen LogP contribution in [0.1, 0.15) is 49.4 Å². The number of carbonyl (C=O) groups excluding carboxylic acids is 1. The van der Waals surface area contributed by atoms with Gasteiger partial charge in [-0.25, -0.2) is 0 Å². The summed E-state index contributed by atoms with van der Waals surface area (Å²) in [6.07, 6.45) is 1.25. The van der Waals surface area contributed by atoms with E-state index in [4.69, 9.17) is 4.74 Å².